The molecular formula is C7H13NO. The summed E-state index contributed by atoms with van der Waals surface area (Å²) in [4.78, 5) is 0. The minimum atomic E-state index is -0.227. The third-order valence-electron chi connectivity index (χ3n) is 1.64. The van der Waals surface area contributed by atoms with Crippen molar-refractivity contribution < 1.29 is 5.11 Å². The Morgan fingerprint density at radius 1 is 1.67 bits per heavy atom. The maximum Gasteiger partial charge on any atom is 0.0668 e. The highest BCUT2D eigenvalue weighted by molar-refractivity contribution is 4.95. The van der Waals surface area contributed by atoms with Gasteiger partial charge in [-0.2, -0.15) is 0 Å². The Kier molecular flexibility index (Phi) is 2.25. The van der Waals surface area contributed by atoms with Crippen LogP contribution < -0.4 is 5.32 Å². The molecule has 2 heteroatoms. The third-order valence-corrected chi connectivity index (χ3v) is 1.64. The van der Waals surface area contributed by atoms with E-state index in [0.29, 0.717) is 0 Å². The summed E-state index contributed by atoms with van der Waals surface area (Å²) in [6.07, 6.45) is 4.92. The summed E-state index contributed by atoms with van der Waals surface area (Å²) in [6.45, 7) is 2.71. The first-order valence-corrected chi connectivity index (χ1v) is 3.37. The van der Waals surface area contributed by atoms with Gasteiger partial charge >= 0.3 is 0 Å². The van der Waals surface area contributed by atoms with Crippen LogP contribution in [-0.4, -0.2) is 23.8 Å². The van der Waals surface area contributed by atoms with Gasteiger partial charge in [0.1, 0.15) is 0 Å². The first-order chi connectivity index (χ1) is 4.30. The fourth-order valence-corrected chi connectivity index (χ4v) is 0.996. The summed E-state index contributed by atoms with van der Waals surface area (Å²) < 4.78 is 0. The Labute approximate surface area is 55.6 Å². The quantitative estimate of drug-likeness (QED) is 0.496. The Hall–Kier alpha value is -0.340. The zero-order valence-electron chi connectivity index (χ0n) is 5.67. The molecule has 1 aliphatic heterocycles. The van der Waals surface area contributed by atoms with Crippen LogP contribution in [0.25, 0.3) is 0 Å². The molecule has 0 aromatic heterocycles. The molecule has 0 fully saturated rings. The summed E-state index contributed by atoms with van der Waals surface area (Å²) in [6, 6.07) is 0.273. The number of aliphatic hydroxyl groups excluding tert-OH is 1. The topological polar surface area (TPSA) is 32.3 Å². The number of aliphatic hydroxyl groups is 1. The molecule has 1 aliphatic rings. The lowest BCUT2D eigenvalue weighted by atomic mass is 10.1. The molecular weight excluding hydrogens is 114 g/mol. The van der Waals surface area contributed by atoms with Crippen molar-refractivity contribution in [2.45, 2.75) is 25.5 Å². The van der Waals surface area contributed by atoms with Gasteiger partial charge in [0.25, 0.3) is 0 Å². The highest BCUT2D eigenvalue weighted by Crippen LogP contribution is 2.02. The molecule has 2 unspecified atom stereocenters. The van der Waals surface area contributed by atoms with Crippen LogP contribution in [0.1, 0.15) is 13.3 Å². The Morgan fingerprint density at radius 2 is 2.44 bits per heavy atom. The molecule has 1 rings (SSSR count). The van der Waals surface area contributed by atoms with E-state index in [-0.39, 0.29) is 12.1 Å². The summed E-state index contributed by atoms with van der Waals surface area (Å²) in [7, 11) is 0. The zero-order chi connectivity index (χ0) is 6.69. The lowest BCUT2D eigenvalue weighted by molar-refractivity contribution is 0.146. The van der Waals surface area contributed by atoms with Crippen LogP contribution in [0.4, 0.5) is 0 Å². The largest absolute Gasteiger partial charge is 0.392 e. The first kappa shape index (κ1) is 6.78. The van der Waals surface area contributed by atoms with E-state index in [1.54, 1.807) is 0 Å². The standard InChI is InChI=1S/C7H13NO/c1-6(9)7-4-2-3-5-8-7/h2-3,6-9H,4-5H2,1H3. The van der Waals surface area contributed by atoms with Crippen LogP contribution in [-0.2, 0) is 0 Å². The normalized spacial score (nSPS) is 30.2. The van der Waals surface area contributed by atoms with E-state index < -0.39 is 0 Å². The van der Waals surface area contributed by atoms with Crippen molar-refractivity contribution in [1.29, 1.82) is 0 Å². The van der Waals surface area contributed by atoms with Gasteiger partial charge in [0.2, 0.25) is 0 Å². The van der Waals surface area contributed by atoms with Crippen LogP contribution in [0.5, 0.6) is 0 Å². The molecule has 9 heavy (non-hydrogen) atoms. The van der Waals surface area contributed by atoms with E-state index in [1.165, 1.54) is 0 Å². The molecule has 0 radical (unpaired) electrons. The van der Waals surface area contributed by atoms with E-state index >= 15 is 0 Å². The van der Waals surface area contributed by atoms with Crippen molar-refractivity contribution >= 4 is 0 Å². The summed E-state index contributed by atoms with van der Waals surface area (Å²) in [5.41, 5.74) is 0. The second-order valence-corrected chi connectivity index (χ2v) is 2.46. The molecule has 0 saturated carbocycles. The van der Waals surface area contributed by atoms with Gasteiger partial charge in [0.15, 0.2) is 0 Å². The number of hydrogen-bond acceptors (Lipinski definition) is 2. The van der Waals surface area contributed by atoms with Crippen molar-refractivity contribution in [3.05, 3.63) is 12.2 Å². The van der Waals surface area contributed by atoms with Crippen molar-refractivity contribution in [1.82, 2.24) is 5.32 Å². The lowest BCUT2D eigenvalue weighted by Crippen LogP contribution is -2.39. The predicted molar refractivity (Wildman–Crippen MR) is 37.2 cm³/mol. The Morgan fingerprint density at radius 3 is 2.78 bits per heavy atom. The SMILES string of the molecule is CC(O)C1CC=CCN1. The predicted octanol–water partition coefficient (Wildman–Crippen LogP) is 0.285. The smallest absolute Gasteiger partial charge is 0.0668 e. The van der Waals surface area contributed by atoms with Crippen molar-refractivity contribution in [3.8, 4) is 0 Å². The summed E-state index contributed by atoms with van der Waals surface area (Å²) in [5.74, 6) is 0. The van der Waals surface area contributed by atoms with Gasteiger partial charge in [-0.15, -0.1) is 0 Å². The fourth-order valence-electron chi connectivity index (χ4n) is 0.996. The lowest BCUT2D eigenvalue weighted by Gasteiger charge is -2.21. The van der Waals surface area contributed by atoms with E-state index in [2.05, 4.69) is 17.5 Å². The average Bonchev–Trinajstić information content (AvgIpc) is 1.90. The van der Waals surface area contributed by atoms with E-state index in [0.717, 1.165) is 13.0 Å². The van der Waals surface area contributed by atoms with Crippen molar-refractivity contribution in [3.63, 3.8) is 0 Å². The van der Waals surface area contributed by atoms with E-state index in [1.807, 2.05) is 6.92 Å². The summed E-state index contributed by atoms with van der Waals surface area (Å²) >= 11 is 0. The molecule has 0 bridgehead atoms. The van der Waals surface area contributed by atoms with E-state index in [4.69, 9.17) is 5.11 Å². The van der Waals surface area contributed by atoms with Gasteiger partial charge < -0.3 is 10.4 Å². The molecule has 0 spiro atoms. The highest BCUT2D eigenvalue weighted by atomic mass is 16.3. The molecule has 52 valence electrons. The average molecular weight is 127 g/mol. The van der Waals surface area contributed by atoms with Gasteiger partial charge in [0, 0.05) is 12.6 Å². The van der Waals surface area contributed by atoms with Crippen LogP contribution in [0.15, 0.2) is 12.2 Å². The molecule has 0 amide bonds. The maximum atomic E-state index is 9.08. The van der Waals surface area contributed by atoms with Gasteiger partial charge in [-0.3, -0.25) is 0 Å². The molecule has 0 saturated heterocycles. The first-order valence-electron chi connectivity index (χ1n) is 3.37. The van der Waals surface area contributed by atoms with Crippen molar-refractivity contribution in [2.75, 3.05) is 6.54 Å². The monoisotopic (exact) mass is 127 g/mol. The van der Waals surface area contributed by atoms with Crippen LogP contribution in [0.2, 0.25) is 0 Å². The van der Waals surface area contributed by atoms with Gasteiger partial charge in [-0.1, -0.05) is 12.2 Å². The molecule has 0 aromatic carbocycles. The second kappa shape index (κ2) is 2.99. The zero-order valence-corrected chi connectivity index (χ0v) is 5.67. The van der Waals surface area contributed by atoms with Crippen molar-refractivity contribution in [2.24, 2.45) is 0 Å². The molecule has 2 nitrogen and oxygen atoms in total. The van der Waals surface area contributed by atoms with Gasteiger partial charge in [-0.25, -0.2) is 0 Å². The number of hydrogen-bond donors (Lipinski definition) is 2. The number of nitrogens with one attached hydrogen (secondary N) is 1. The maximum absolute atomic E-state index is 9.08. The fraction of sp³-hybridized carbons (Fsp3) is 0.714. The van der Waals surface area contributed by atoms with Crippen LogP contribution >= 0.6 is 0 Å². The molecule has 0 aliphatic carbocycles. The Balaban J connectivity index is 2.35. The van der Waals surface area contributed by atoms with Gasteiger partial charge in [-0.05, 0) is 13.3 Å². The Bertz CT molecular complexity index is 109. The van der Waals surface area contributed by atoms with E-state index in [9.17, 15) is 0 Å². The molecule has 2 N–H and O–H groups in total. The van der Waals surface area contributed by atoms with Crippen LogP contribution in [0, 0.1) is 0 Å². The minimum Gasteiger partial charge on any atom is -0.392 e. The molecule has 0 aromatic rings. The number of rotatable bonds is 1. The second-order valence-electron chi connectivity index (χ2n) is 2.46. The highest BCUT2D eigenvalue weighted by Gasteiger charge is 2.13. The van der Waals surface area contributed by atoms with Gasteiger partial charge in [0.05, 0.1) is 6.10 Å². The minimum absolute atomic E-state index is 0.227. The molecule has 1 heterocycles. The molecule has 2 atom stereocenters. The third kappa shape index (κ3) is 1.80. The summed E-state index contributed by atoms with van der Waals surface area (Å²) in [5, 5.41) is 12.3. The van der Waals surface area contributed by atoms with Crippen LogP contribution in [0.3, 0.4) is 0 Å².